The van der Waals surface area contributed by atoms with Crippen molar-refractivity contribution in [1.82, 2.24) is 0 Å². The second-order valence-corrected chi connectivity index (χ2v) is 4.57. The first-order valence-electron chi connectivity index (χ1n) is 6.70. The third-order valence-electron chi connectivity index (χ3n) is 3.10. The van der Waals surface area contributed by atoms with E-state index in [0.29, 0.717) is 11.4 Å². The van der Waals surface area contributed by atoms with Crippen LogP contribution in [0.15, 0.2) is 75.3 Å². The highest BCUT2D eigenvalue weighted by Crippen LogP contribution is 2.37. The van der Waals surface area contributed by atoms with E-state index in [1.54, 1.807) is 13.2 Å². The molecule has 0 bridgehead atoms. The molecule has 5 heteroatoms. The minimum Gasteiger partial charge on any atom is -0.497 e. The lowest BCUT2D eigenvalue weighted by Gasteiger charge is -1.99. The quantitative estimate of drug-likeness (QED) is 0.682. The molecule has 22 heavy (non-hydrogen) atoms. The topological polar surface area (TPSA) is 67.3 Å². The Bertz CT molecular complexity index is 777. The van der Waals surface area contributed by atoms with Gasteiger partial charge in [0.15, 0.2) is 5.69 Å². The van der Waals surface area contributed by atoms with Gasteiger partial charge in [0, 0.05) is 11.6 Å². The predicted molar refractivity (Wildman–Crippen MR) is 83.0 cm³/mol. The number of hydrogen-bond donors (Lipinski definition) is 1. The summed E-state index contributed by atoms with van der Waals surface area (Å²) in [6.07, 6.45) is 0. The van der Waals surface area contributed by atoms with E-state index in [9.17, 15) is 5.11 Å². The number of aromatic hydroxyl groups is 1. The van der Waals surface area contributed by atoms with Crippen molar-refractivity contribution in [2.24, 2.45) is 10.2 Å². The number of methoxy groups -OCH3 is 1. The largest absolute Gasteiger partial charge is 0.497 e. The molecule has 3 aromatic rings. The van der Waals surface area contributed by atoms with Gasteiger partial charge < -0.3 is 14.3 Å². The highest BCUT2D eigenvalue weighted by atomic mass is 16.5. The third kappa shape index (κ3) is 2.98. The molecule has 0 aliphatic heterocycles. The standard InChI is InChI=1S/C17H14N2O3/c1-21-14-9-7-12(8-10-14)16-11-15(17(20)22-16)19-18-13-5-3-2-4-6-13/h2-11,20H,1H3. The van der Waals surface area contributed by atoms with E-state index in [1.165, 1.54) is 0 Å². The van der Waals surface area contributed by atoms with E-state index in [0.717, 1.165) is 11.3 Å². The Labute approximate surface area is 127 Å². The molecule has 1 N–H and O–H groups in total. The summed E-state index contributed by atoms with van der Waals surface area (Å²) in [4.78, 5) is 0. The molecule has 0 saturated heterocycles. The van der Waals surface area contributed by atoms with E-state index in [2.05, 4.69) is 10.2 Å². The smallest absolute Gasteiger partial charge is 0.311 e. The van der Waals surface area contributed by atoms with Crippen LogP contribution in [0.25, 0.3) is 11.3 Å². The first-order chi connectivity index (χ1) is 10.8. The van der Waals surface area contributed by atoms with E-state index in [-0.39, 0.29) is 11.6 Å². The summed E-state index contributed by atoms with van der Waals surface area (Å²) in [6.45, 7) is 0. The molecule has 0 atom stereocenters. The molecule has 0 aliphatic carbocycles. The highest BCUT2D eigenvalue weighted by Gasteiger charge is 2.11. The van der Waals surface area contributed by atoms with Gasteiger partial charge in [0.05, 0.1) is 12.8 Å². The van der Waals surface area contributed by atoms with Gasteiger partial charge in [-0.25, -0.2) is 0 Å². The van der Waals surface area contributed by atoms with Crippen LogP contribution in [0.4, 0.5) is 11.4 Å². The molecule has 0 radical (unpaired) electrons. The molecule has 2 aromatic carbocycles. The number of furan rings is 1. The zero-order valence-corrected chi connectivity index (χ0v) is 11.9. The maximum atomic E-state index is 9.83. The molecular weight excluding hydrogens is 280 g/mol. The summed E-state index contributed by atoms with van der Waals surface area (Å²) in [5.41, 5.74) is 1.81. The normalized spacial score (nSPS) is 11.0. The molecule has 0 fully saturated rings. The van der Waals surface area contributed by atoms with Crippen molar-refractivity contribution < 1.29 is 14.3 Å². The molecular formula is C17H14N2O3. The molecule has 3 rings (SSSR count). The van der Waals surface area contributed by atoms with Gasteiger partial charge >= 0.3 is 5.95 Å². The Morgan fingerprint density at radius 1 is 0.955 bits per heavy atom. The summed E-state index contributed by atoms with van der Waals surface area (Å²) in [6, 6.07) is 18.2. The predicted octanol–water partition coefficient (Wildman–Crippen LogP) is 5.08. The van der Waals surface area contributed by atoms with Crippen LogP contribution >= 0.6 is 0 Å². The number of nitrogens with zero attached hydrogens (tertiary/aromatic N) is 2. The van der Waals surface area contributed by atoms with Crippen molar-refractivity contribution in [3.05, 3.63) is 60.7 Å². The zero-order valence-electron chi connectivity index (χ0n) is 11.9. The van der Waals surface area contributed by atoms with Crippen molar-refractivity contribution in [2.75, 3.05) is 7.11 Å². The Morgan fingerprint density at radius 3 is 2.36 bits per heavy atom. The van der Waals surface area contributed by atoms with Gasteiger partial charge in [-0.15, -0.1) is 5.11 Å². The average Bonchev–Trinajstić information content (AvgIpc) is 2.95. The van der Waals surface area contributed by atoms with E-state index in [4.69, 9.17) is 9.15 Å². The fourth-order valence-corrected chi connectivity index (χ4v) is 1.95. The minimum atomic E-state index is -0.259. The summed E-state index contributed by atoms with van der Waals surface area (Å²) in [7, 11) is 1.61. The monoisotopic (exact) mass is 294 g/mol. The fraction of sp³-hybridized carbons (Fsp3) is 0.0588. The summed E-state index contributed by atoms with van der Waals surface area (Å²) >= 11 is 0. The average molecular weight is 294 g/mol. The molecule has 1 aromatic heterocycles. The second kappa shape index (κ2) is 6.13. The van der Waals surface area contributed by atoms with Crippen LogP contribution in [0, 0.1) is 0 Å². The van der Waals surface area contributed by atoms with Crippen molar-refractivity contribution >= 4 is 11.4 Å². The summed E-state index contributed by atoms with van der Waals surface area (Å²) in [5, 5.41) is 17.9. The minimum absolute atomic E-state index is 0.259. The Morgan fingerprint density at radius 2 is 1.68 bits per heavy atom. The van der Waals surface area contributed by atoms with Gasteiger partial charge in [-0.2, -0.15) is 5.11 Å². The van der Waals surface area contributed by atoms with Gasteiger partial charge in [-0.05, 0) is 36.4 Å². The first-order valence-corrected chi connectivity index (χ1v) is 6.70. The lowest BCUT2D eigenvalue weighted by atomic mass is 10.1. The SMILES string of the molecule is COc1ccc(-c2cc(N=Nc3ccccc3)c(O)o2)cc1. The maximum absolute atomic E-state index is 9.83. The van der Waals surface area contributed by atoms with Crippen LogP contribution in [-0.2, 0) is 0 Å². The Kier molecular flexibility index (Phi) is 3.87. The van der Waals surface area contributed by atoms with Crippen LogP contribution in [0.5, 0.6) is 11.7 Å². The fourth-order valence-electron chi connectivity index (χ4n) is 1.95. The molecule has 1 heterocycles. The molecule has 0 amide bonds. The molecule has 0 saturated carbocycles. The van der Waals surface area contributed by atoms with Crippen molar-refractivity contribution in [2.45, 2.75) is 0 Å². The van der Waals surface area contributed by atoms with Crippen LogP contribution in [0.3, 0.4) is 0 Å². The van der Waals surface area contributed by atoms with E-state index >= 15 is 0 Å². The van der Waals surface area contributed by atoms with Crippen LogP contribution in [0.2, 0.25) is 0 Å². The van der Waals surface area contributed by atoms with Crippen LogP contribution in [-0.4, -0.2) is 12.2 Å². The number of rotatable bonds is 4. The van der Waals surface area contributed by atoms with Gasteiger partial charge in [-0.3, -0.25) is 0 Å². The van der Waals surface area contributed by atoms with Crippen molar-refractivity contribution in [3.63, 3.8) is 0 Å². The lowest BCUT2D eigenvalue weighted by Crippen LogP contribution is -1.81. The van der Waals surface area contributed by atoms with E-state index < -0.39 is 0 Å². The molecule has 0 spiro atoms. The number of azo groups is 1. The Balaban J connectivity index is 1.85. The second-order valence-electron chi connectivity index (χ2n) is 4.57. The van der Waals surface area contributed by atoms with Crippen molar-refractivity contribution in [3.8, 4) is 23.0 Å². The third-order valence-corrected chi connectivity index (χ3v) is 3.10. The summed E-state index contributed by atoms with van der Waals surface area (Å²) in [5.74, 6) is 1.01. The molecule has 0 aliphatic rings. The summed E-state index contributed by atoms with van der Waals surface area (Å²) < 4.78 is 10.4. The van der Waals surface area contributed by atoms with Gasteiger partial charge in [0.25, 0.3) is 0 Å². The highest BCUT2D eigenvalue weighted by molar-refractivity contribution is 5.65. The van der Waals surface area contributed by atoms with Crippen LogP contribution < -0.4 is 4.74 Å². The number of ether oxygens (including phenoxy) is 1. The first kappa shape index (κ1) is 13.9. The van der Waals surface area contributed by atoms with Gasteiger partial charge in [0.2, 0.25) is 0 Å². The number of hydrogen-bond acceptors (Lipinski definition) is 5. The Hall–Kier alpha value is -3.08. The van der Waals surface area contributed by atoms with Gasteiger partial charge in [0.1, 0.15) is 11.5 Å². The molecule has 0 unspecified atom stereocenters. The van der Waals surface area contributed by atoms with Gasteiger partial charge in [-0.1, -0.05) is 18.2 Å². The molecule has 110 valence electrons. The zero-order chi connectivity index (χ0) is 15.4. The molecule has 5 nitrogen and oxygen atoms in total. The van der Waals surface area contributed by atoms with Crippen molar-refractivity contribution in [1.29, 1.82) is 0 Å². The van der Waals surface area contributed by atoms with E-state index in [1.807, 2.05) is 54.6 Å². The van der Waals surface area contributed by atoms with Crippen LogP contribution in [0.1, 0.15) is 0 Å². The number of benzene rings is 2. The maximum Gasteiger partial charge on any atom is 0.311 e. The lowest BCUT2D eigenvalue weighted by molar-refractivity contribution is 0.339.